The summed E-state index contributed by atoms with van der Waals surface area (Å²) in [4.78, 5) is 53.0. The third-order valence-electron chi connectivity index (χ3n) is 5.65. The normalized spacial score (nSPS) is 10.9. The number of H-pyrrole nitrogens is 1. The van der Waals surface area contributed by atoms with Gasteiger partial charge in [-0.2, -0.15) is 0 Å². The molecule has 0 radical (unpaired) electrons. The van der Waals surface area contributed by atoms with Crippen LogP contribution in [0.1, 0.15) is 50.9 Å². The van der Waals surface area contributed by atoms with Gasteiger partial charge in [0.25, 0.3) is 0 Å². The van der Waals surface area contributed by atoms with Crippen LogP contribution < -0.4 is 16.4 Å². The number of Topliss-reactive ketones (excluding diaryl/α,β-unsaturated/α-hetero) is 1. The number of phenolic OH excluding ortho intramolecular Hbond substituents is 1. The molecule has 0 fully saturated rings. The number of ketones is 1. The molecule has 2 heterocycles. The van der Waals surface area contributed by atoms with Gasteiger partial charge in [0, 0.05) is 22.5 Å². The molecule has 0 saturated carbocycles. The summed E-state index contributed by atoms with van der Waals surface area (Å²) in [5, 5.41) is 15.1. The number of hydrogen-bond donors (Lipinski definition) is 4. The SMILES string of the molecule is CCCc1c(CCC(=O)c2ccc3[nH]c(=O)oc3c2)sc(NC(=O)Nc2ccc(O)cc2)c1C(=O)OC. The number of ether oxygens (including phenoxy) is 1. The van der Waals surface area contributed by atoms with E-state index in [9.17, 15) is 24.3 Å². The lowest BCUT2D eigenvalue weighted by molar-refractivity contribution is 0.0601. The average Bonchev–Trinajstić information content (AvgIpc) is 3.41. The number of carbonyl (C=O) groups is 3. The Morgan fingerprint density at radius 2 is 1.84 bits per heavy atom. The minimum Gasteiger partial charge on any atom is -0.508 e. The van der Waals surface area contributed by atoms with E-state index in [0.717, 1.165) is 16.9 Å². The predicted octanol–water partition coefficient (Wildman–Crippen LogP) is 5.09. The number of thiophene rings is 1. The molecule has 0 atom stereocenters. The molecule has 10 nitrogen and oxygen atoms in total. The van der Waals surface area contributed by atoms with Crippen LogP contribution in [0.3, 0.4) is 0 Å². The summed E-state index contributed by atoms with van der Waals surface area (Å²) >= 11 is 1.22. The maximum Gasteiger partial charge on any atom is 0.417 e. The van der Waals surface area contributed by atoms with Crippen LogP contribution in [0.4, 0.5) is 15.5 Å². The quantitative estimate of drug-likeness (QED) is 0.136. The monoisotopic (exact) mass is 523 g/mol. The van der Waals surface area contributed by atoms with Gasteiger partial charge < -0.3 is 19.6 Å². The summed E-state index contributed by atoms with van der Waals surface area (Å²) in [6.45, 7) is 1.97. The van der Waals surface area contributed by atoms with Crippen LogP contribution >= 0.6 is 11.3 Å². The molecular weight excluding hydrogens is 498 g/mol. The van der Waals surface area contributed by atoms with Crippen molar-refractivity contribution in [1.29, 1.82) is 0 Å². The van der Waals surface area contributed by atoms with Crippen molar-refractivity contribution >= 4 is 50.9 Å². The van der Waals surface area contributed by atoms with E-state index in [1.165, 1.54) is 36.6 Å². The number of urea groups is 1. The van der Waals surface area contributed by atoms with Gasteiger partial charge in [-0.1, -0.05) is 13.3 Å². The minimum absolute atomic E-state index is 0.0677. The van der Waals surface area contributed by atoms with Crippen LogP contribution in [0, 0.1) is 0 Å². The van der Waals surface area contributed by atoms with Crippen LogP contribution in [0.25, 0.3) is 11.1 Å². The van der Waals surface area contributed by atoms with Crippen molar-refractivity contribution in [1.82, 2.24) is 4.98 Å². The molecule has 4 aromatic rings. The molecule has 0 spiro atoms. The highest BCUT2D eigenvalue weighted by molar-refractivity contribution is 7.17. The maximum absolute atomic E-state index is 12.9. The molecule has 2 amide bonds. The average molecular weight is 524 g/mol. The minimum atomic E-state index is -0.591. The predicted molar refractivity (Wildman–Crippen MR) is 140 cm³/mol. The van der Waals surface area contributed by atoms with E-state index in [1.807, 2.05) is 6.92 Å². The zero-order valence-electron chi connectivity index (χ0n) is 20.2. The van der Waals surface area contributed by atoms with Crippen LogP contribution in [0.15, 0.2) is 51.7 Å². The first kappa shape index (κ1) is 25.7. The second-order valence-electron chi connectivity index (χ2n) is 8.22. The van der Waals surface area contributed by atoms with Gasteiger partial charge in [-0.25, -0.2) is 14.4 Å². The number of carbonyl (C=O) groups excluding carboxylic acids is 3. The standard InChI is InChI=1S/C26H25N3O7S/c1-3-4-17-21(12-11-19(31)14-5-10-18-20(13-14)36-26(34)28-18)37-23(22(17)24(32)35-2)29-25(33)27-15-6-8-16(30)9-7-15/h5-10,13,30H,3-4,11-12H2,1-2H3,(H,28,34)(H2,27,29,33). The number of aromatic amines is 1. The lowest BCUT2D eigenvalue weighted by atomic mass is 10.0. The molecule has 0 unspecified atom stereocenters. The smallest absolute Gasteiger partial charge is 0.417 e. The third-order valence-corrected chi connectivity index (χ3v) is 6.86. The Kier molecular flexibility index (Phi) is 7.73. The molecular formula is C26H25N3O7S. The summed E-state index contributed by atoms with van der Waals surface area (Å²) in [5.74, 6) is -1.25. The van der Waals surface area contributed by atoms with E-state index in [4.69, 9.17) is 9.15 Å². The van der Waals surface area contributed by atoms with Gasteiger partial charge in [0.2, 0.25) is 0 Å². The van der Waals surface area contributed by atoms with E-state index in [2.05, 4.69) is 15.6 Å². The second-order valence-corrected chi connectivity index (χ2v) is 9.33. The van der Waals surface area contributed by atoms with Crippen LogP contribution in [0.5, 0.6) is 5.75 Å². The lowest BCUT2D eigenvalue weighted by Crippen LogP contribution is -2.20. The van der Waals surface area contributed by atoms with Crippen LogP contribution in [-0.2, 0) is 17.6 Å². The molecule has 0 aliphatic heterocycles. The van der Waals surface area contributed by atoms with Crippen LogP contribution in [0.2, 0.25) is 0 Å². The van der Waals surface area contributed by atoms with Gasteiger partial charge in [0.1, 0.15) is 10.8 Å². The number of methoxy groups -OCH3 is 1. The number of oxazole rings is 1. The zero-order chi connectivity index (χ0) is 26.5. The topological polar surface area (TPSA) is 151 Å². The molecule has 4 rings (SSSR count). The Morgan fingerprint density at radius 3 is 2.54 bits per heavy atom. The van der Waals surface area contributed by atoms with Crippen molar-refractivity contribution in [3.8, 4) is 5.75 Å². The number of anilines is 2. The van der Waals surface area contributed by atoms with E-state index < -0.39 is 17.8 Å². The van der Waals surface area contributed by atoms with Gasteiger partial charge >= 0.3 is 17.8 Å². The van der Waals surface area contributed by atoms with Gasteiger partial charge in [-0.05, 0) is 60.9 Å². The summed E-state index contributed by atoms with van der Waals surface area (Å²) in [5.41, 5.74) is 2.68. The molecule has 0 saturated heterocycles. The number of phenols is 1. The zero-order valence-corrected chi connectivity index (χ0v) is 21.0. The summed E-state index contributed by atoms with van der Waals surface area (Å²) in [7, 11) is 1.27. The highest BCUT2D eigenvalue weighted by atomic mass is 32.1. The van der Waals surface area contributed by atoms with E-state index in [1.54, 1.807) is 24.3 Å². The molecule has 0 bridgehead atoms. The van der Waals surface area contributed by atoms with Gasteiger partial charge in [0.15, 0.2) is 11.4 Å². The van der Waals surface area contributed by atoms with Crippen molar-refractivity contribution in [2.24, 2.45) is 0 Å². The lowest BCUT2D eigenvalue weighted by Gasteiger charge is -2.09. The molecule has 11 heteroatoms. The van der Waals surface area contributed by atoms with E-state index >= 15 is 0 Å². The number of fused-ring (bicyclic) bond motifs is 1. The van der Waals surface area contributed by atoms with Crippen molar-refractivity contribution in [2.75, 3.05) is 17.7 Å². The molecule has 0 aliphatic carbocycles. The Morgan fingerprint density at radius 1 is 1.08 bits per heavy atom. The highest BCUT2D eigenvalue weighted by Crippen LogP contribution is 2.36. The second kappa shape index (κ2) is 11.1. The number of nitrogens with one attached hydrogen (secondary N) is 3. The molecule has 2 aromatic heterocycles. The fraction of sp³-hybridized carbons (Fsp3) is 0.231. The maximum atomic E-state index is 12.9. The number of rotatable bonds is 9. The number of hydrogen-bond acceptors (Lipinski definition) is 8. The number of aromatic hydroxyl groups is 1. The van der Waals surface area contributed by atoms with Crippen molar-refractivity contribution < 1.29 is 28.6 Å². The first-order chi connectivity index (χ1) is 17.8. The third kappa shape index (κ3) is 5.89. The van der Waals surface area contributed by atoms with Gasteiger partial charge in [-0.15, -0.1) is 11.3 Å². The van der Waals surface area contributed by atoms with Gasteiger partial charge in [-0.3, -0.25) is 15.1 Å². The fourth-order valence-corrected chi connectivity index (χ4v) is 5.17. The first-order valence-corrected chi connectivity index (χ1v) is 12.4. The Balaban J connectivity index is 1.56. The van der Waals surface area contributed by atoms with Crippen molar-refractivity contribution in [2.45, 2.75) is 32.6 Å². The molecule has 37 heavy (non-hydrogen) atoms. The number of amides is 2. The Hall–Kier alpha value is -4.38. The first-order valence-electron chi connectivity index (χ1n) is 11.5. The molecule has 4 N–H and O–H groups in total. The number of aryl methyl sites for hydroxylation is 1. The molecule has 2 aromatic carbocycles. The van der Waals surface area contributed by atoms with E-state index in [0.29, 0.717) is 40.2 Å². The summed E-state index contributed by atoms with van der Waals surface area (Å²) in [6.07, 6.45) is 1.80. The fourth-order valence-electron chi connectivity index (χ4n) is 3.94. The Labute approximate surface area is 215 Å². The van der Waals surface area contributed by atoms with E-state index in [-0.39, 0.29) is 23.5 Å². The van der Waals surface area contributed by atoms with Crippen LogP contribution in [-0.4, -0.2) is 35.0 Å². The summed E-state index contributed by atoms with van der Waals surface area (Å²) < 4.78 is 10.0. The number of esters is 1. The highest BCUT2D eigenvalue weighted by Gasteiger charge is 2.25. The molecule has 0 aliphatic rings. The number of aromatic nitrogens is 1. The largest absolute Gasteiger partial charge is 0.508 e. The van der Waals surface area contributed by atoms with Gasteiger partial charge in [0.05, 0.1) is 18.2 Å². The van der Waals surface area contributed by atoms with Crippen molar-refractivity contribution in [3.05, 3.63) is 74.6 Å². The van der Waals surface area contributed by atoms with Crippen molar-refractivity contribution in [3.63, 3.8) is 0 Å². The summed E-state index contributed by atoms with van der Waals surface area (Å²) in [6, 6.07) is 10.2. The Bertz CT molecular complexity index is 1520. The molecule has 192 valence electrons. The number of benzene rings is 2.